The van der Waals surface area contributed by atoms with Gasteiger partial charge in [-0.1, -0.05) is 18.2 Å². The third-order valence-corrected chi connectivity index (χ3v) is 3.41. The standard InChI is InChI=1S/C16H17N3O/c1-11(2)19-10-14(9-18-19)16(20)13-6-5-12-4-3-7-17-15(12)8-13/h3-11,16,20H,1-2H3. The highest BCUT2D eigenvalue weighted by Gasteiger charge is 2.14. The smallest absolute Gasteiger partial charge is 0.107 e. The zero-order valence-electron chi connectivity index (χ0n) is 11.6. The van der Waals surface area contributed by atoms with Gasteiger partial charge in [-0.2, -0.15) is 5.10 Å². The molecule has 0 aliphatic heterocycles. The molecule has 1 unspecified atom stereocenters. The molecule has 0 aliphatic rings. The quantitative estimate of drug-likeness (QED) is 0.793. The molecule has 0 bridgehead atoms. The van der Waals surface area contributed by atoms with Gasteiger partial charge in [0.25, 0.3) is 0 Å². The van der Waals surface area contributed by atoms with Gasteiger partial charge in [-0.3, -0.25) is 9.67 Å². The second-order valence-corrected chi connectivity index (χ2v) is 5.21. The summed E-state index contributed by atoms with van der Waals surface area (Å²) in [5.41, 5.74) is 2.52. The number of rotatable bonds is 3. The topological polar surface area (TPSA) is 50.9 Å². The van der Waals surface area contributed by atoms with Crippen molar-refractivity contribution in [3.63, 3.8) is 0 Å². The van der Waals surface area contributed by atoms with Crippen LogP contribution in [0.4, 0.5) is 0 Å². The Morgan fingerprint density at radius 3 is 2.75 bits per heavy atom. The lowest BCUT2D eigenvalue weighted by atomic mass is 10.0. The monoisotopic (exact) mass is 267 g/mol. The van der Waals surface area contributed by atoms with Crippen LogP contribution in [0.3, 0.4) is 0 Å². The second kappa shape index (κ2) is 5.06. The Morgan fingerprint density at radius 2 is 2.00 bits per heavy atom. The minimum atomic E-state index is -0.672. The Hall–Kier alpha value is -2.20. The summed E-state index contributed by atoms with van der Waals surface area (Å²) < 4.78 is 1.85. The number of nitrogens with zero attached hydrogens (tertiary/aromatic N) is 3. The van der Waals surface area contributed by atoms with E-state index in [1.165, 1.54) is 0 Å². The first-order valence-corrected chi connectivity index (χ1v) is 6.72. The number of pyridine rings is 1. The summed E-state index contributed by atoms with van der Waals surface area (Å²) in [6.45, 7) is 4.12. The fraction of sp³-hybridized carbons (Fsp3) is 0.250. The molecule has 1 N–H and O–H groups in total. The van der Waals surface area contributed by atoms with Gasteiger partial charge >= 0.3 is 0 Å². The van der Waals surface area contributed by atoms with Crippen LogP contribution in [0.25, 0.3) is 10.9 Å². The van der Waals surface area contributed by atoms with Crippen LogP contribution in [0.5, 0.6) is 0 Å². The third-order valence-electron chi connectivity index (χ3n) is 3.41. The lowest BCUT2D eigenvalue weighted by molar-refractivity contribution is 0.220. The molecule has 1 aromatic carbocycles. The number of aliphatic hydroxyl groups is 1. The van der Waals surface area contributed by atoms with Gasteiger partial charge in [0.2, 0.25) is 0 Å². The van der Waals surface area contributed by atoms with Crippen molar-refractivity contribution in [3.05, 3.63) is 60.0 Å². The largest absolute Gasteiger partial charge is 0.384 e. The van der Waals surface area contributed by atoms with Crippen molar-refractivity contribution in [2.75, 3.05) is 0 Å². The molecule has 0 fully saturated rings. The third kappa shape index (κ3) is 2.30. The summed E-state index contributed by atoms with van der Waals surface area (Å²) in [6.07, 6.45) is 4.69. The predicted octanol–water partition coefficient (Wildman–Crippen LogP) is 3.09. The van der Waals surface area contributed by atoms with Crippen molar-refractivity contribution in [3.8, 4) is 0 Å². The first kappa shape index (κ1) is 12.8. The maximum atomic E-state index is 10.5. The van der Waals surface area contributed by atoms with E-state index in [0.717, 1.165) is 22.0 Å². The Kier molecular flexibility index (Phi) is 3.24. The number of benzene rings is 1. The van der Waals surface area contributed by atoms with Crippen LogP contribution in [0.1, 0.15) is 37.1 Å². The second-order valence-electron chi connectivity index (χ2n) is 5.21. The number of fused-ring (bicyclic) bond motifs is 1. The Balaban J connectivity index is 1.96. The fourth-order valence-corrected chi connectivity index (χ4v) is 2.22. The van der Waals surface area contributed by atoms with Crippen molar-refractivity contribution < 1.29 is 5.11 Å². The highest BCUT2D eigenvalue weighted by molar-refractivity contribution is 5.79. The maximum Gasteiger partial charge on any atom is 0.107 e. The van der Waals surface area contributed by atoms with Crippen molar-refractivity contribution >= 4 is 10.9 Å². The van der Waals surface area contributed by atoms with E-state index in [4.69, 9.17) is 0 Å². The molecular formula is C16H17N3O. The molecule has 4 nitrogen and oxygen atoms in total. The maximum absolute atomic E-state index is 10.5. The number of aromatic nitrogens is 3. The molecule has 3 rings (SSSR count). The molecule has 0 spiro atoms. The zero-order valence-corrected chi connectivity index (χ0v) is 11.6. The average molecular weight is 267 g/mol. The van der Waals surface area contributed by atoms with E-state index in [1.807, 2.05) is 41.2 Å². The molecule has 2 heterocycles. The van der Waals surface area contributed by atoms with Crippen molar-refractivity contribution in [1.82, 2.24) is 14.8 Å². The van der Waals surface area contributed by atoms with Crippen LogP contribution in [-0.4, -0.2) is 19.9 Å². The van der Waals surface area contributed by atoms with Gasteiger partial charge in [0, 0.05) is 29.4 Å². The van der Waals surface area contributed by atoms with Crippen molar-refractivity contribution in [2.45, 2.75) is 26.0 Å². The Morgan fingerprint density at radius 1 is 1.15 bits per heavy atom. The van der Waals surface area contributed by atoms with Gasteiger partial charge in [-0.15, -0.1) is 0 Å². The highest BCUT2D eigenvalue weighted by Crippen LogP contribution is 2.24. The van der Waals surface area contributed by atoms with Crippen molar-refractivity contribution in [2.24, 2.45) is 0 Å². The molecular weight excluding hydrogens is 250 g/mol. The van der Waals surface area contributed by atoms with Gasteiger partial charge in [0.15, 0.2) is 0 Å². The number of hydrogen-bond acceptors (Lipinski definition) is 3. The minimum Gasteiger partial charge on any atom is -0.384 e. The van der Waals surface area contributed by atoms with Gasteiger partial charge in [0.1, 0.15) is 6.10 Å². The van der Waals surface area contributed by atoms with E-state index in [1.54, 1.807) is 12.4 Å². The summed E-state index contributed by atoms with van der Waals surface area (Å²) >= 11 is 0. The van der Waals surface area contributed by atoms with E-state index >= 15 is 0 Å². The molecule has 0 saturated heterocycles. The van der Waals surface area contributed by atoms with Gasteiger partial charge in [0.05, 0.1) is 11.7 Å². The first-order chi connectivity index (χ1) is 9.65. The van der Waals surface area contributed by atoms with Crippen molar-refractivity contribution in [1.29, 1.82) is 0 Å². The van der Waals surface area contributed by atoms with Crippen LogP contribution < -0.4 is 0 Å². The summed E-state index contributed by atoms with van der Waals surface area (Å²) in [7, 11) is 0. The Labute approximate surface area is 117 Å². The molecule has 102 valence electrons. The normalized spacial score (nSPS) is 13.0. The SMILES string of the molecule is CC(C)n1cc(C(O)c2ccc3cccnc3c2)cn1. The summed E-state index contributed by atoms with van der Waals surface area (Å²) in [4.78, 5) is 4.32. The van der Waals surface area contributed by atoms with E-state index in [-0.39, 0.29) is 6.04 Å². The summed E-state index contributed by atoms with van der Waals surface area (Å²) in [6, 6.07) is 10.0. The lowest BCUT2D eigenvalue weighted by Crippen LogP contribution is -2.01. The highest BCUT2D eigenvalue weighted by atomic mass is 16.3. The van der Waals surface area contributed by atoms with Gasteiger partial charge in [-0.05, 0) is 31.5 Å². The van der Waals surface area contributed by atoms with Gasteiger partial charge in [-0.25, -0.2) is 0 Å². The molecule has 0 aliphatic carbocycles. The van der Waals surface area contributed by atoms with E-state index in [0.29, 0.717) is 0 Å². The molecule has 20 heavy (non-hydrogen) atoms. The van der Waals surface area contributed by atoms with Gasteiger partial charge < -0.3 is 5.11 Å². The molecule has 1 atom stereocenters. The minimum absolute atomic E-state index is 0.286. The average Bonchev–Trinajstić information content (AvgIpc) is 2.96. The molecule has 0 amide bonds. The summed E-state index contributed by atoms with van der Waals surface area (Å²) in [5, 5.41) is 15.8. The number of aliphatic hydroxyl groups excluding tert-OH is 1. The molecule has 4 heteroatoms. The summed E-state index contributed by atoms with van der Waals surface area (Å²) in [5.74, 6) is 0. The zero-order chi connectivity index (χ0) is 14.1. The molecule has 0 saturated carbocycles. The molecule has 0 radical (unpaired) electrons. The predicted molar refractivity (Wildman–Crippen MR) is 78.4 cm³/mol. The van der Waals surface area contributed by atoms with Crippen LogP contribution >= 0.6 is 0 Å². The number of hydrogen-bond donors (Lipinski definition) is 1. The van der Waals surface area contributed by atoms with Crippen LogP contribution in [0, 0.1) is 0 Å². The lowest BCUT2D eigenvalue weighted by Gasteiger charge is -2.10. The fourth-order valence-electron chi connectivity index (χ4n) is 2.22. The van der Waals surface area contributed by atoms with Crippen LogP contribution in [-0.2, 0) is 0 Å². The van der Waals surface area contributed by atoms with Crippen LogP contribution in [0.2, 0.25) is 0 Å². The van der Waals surface area contributed by atoms with E-state index in [9.17, 15) is 5.11 Å². The van der Waals surface area contributed by atoms with E-state index < -0.39 is 6.10 Å². The Bertz CT molecular complexity index is 733. The first-order valence-electron chi connectivity index (χ1n) is 6.72. The molecule has 3 aromatic rings. The van der Waals surface area contributed by atoms with E-state index in [2.05, 4.69) is 23.9 Å². The van der Waals surface area contributed by atoms with Crippen LogP contribution in [0.15, 0.2) is 48.9 Å². The molecule has 2 aromatic heterocycles.